The van der Waals surface area contributed by atoms with Gasteiger partial charge in [-0.15, -0.1) is 0 Å². The van der Waals surface area contributed by atoms with Gasteiger partial charge < -0.3 is 10.0 Å². The fourth-order valence-electron chi connectivity index (χ4n) is 2.74. The summed E-state index contributed by atoms with van der Waals surface area (Å²) < 4.78 is 23.2. The number of hydrogen-bond acceptors (Lipinski definition) is 4. The summed E-state index contributed by atoms with van der Waals surface area (Å²) in [7, 11) is -3.15. The normalized spacial score (nSPS) is 21.9. The molecule has 0 aliphatic carbocycles. The van der Waals surface area contributed by atoms with Crippen molar-refractivity contribution in [3.05, 3.63) is 0 Å². The first-order valence-electron chi connectivity index (χ1n) is 7.53. The lowest BCUT2D eigenvalue weighted by atomic mass is 9.97. The van der Waals surface area contributed by atoms with Crippen molar-refractivity contribution in [2.24, 2.45) is 5.92 Å². The summed E-state index contributed by atoms with van der Waals surface area (Å²) in [5.74, 6) is -1.61. The number of unbranched alkanes of at least 4 members (excludes halogenated alkanes) is 1. The summed E-state index contributed by atoms with van der Waals surface area (Å²) in [5.41, 5.74) is 0. The maximum atomic E-state index is 12.6. The smallest absolute Gasteiger partial charge is 0.323 e. The van der Waals surface area contributed by atoms with Crippen molar-refractivity contribution in [2.75, 3.05) is 18.1 Å². The van der Waals surface area contributed by atoms with E-state index in [0.717, 1.165) is 19.3 Å². The molecule has 1 saturated heterocycles. The van der Waals surface area contributed by atoms with Crippen LogP contribution in [0, 0.1) is 5.92 Å². The van der Waals surface area contributed by atoms with E-state index in [0.29, 0.717) is 12.8 Å². The van der Waals surface area contributed by atoms with Crippen molar-refractivity contribution >= 4 is 21.7 Å². The number of sulfone groups is 1. The average molecular weight is 319 g/mol. The lowest BCUT2D eigenvalue weighted by Gasteiger charge is -2.30. The Morgan fingerprint density at radius 2 is 2.00 bits per heavy atom. The molecular formula is C14H25NO5S. The third-order valence-electron chi connectivity index (χ3n) is 3.99. The van der Waals surface area contributed by atoms with Gasteiger partial charge in [0, 0.05) is 12.0 Å². The van der Waals surface area contributed by atoms with Gasteiger partial charge in [0.2, 0.25) is 5.91 Å². The van der Waals surface area contributed by atoms with Crippen LogP contribution in [0.4, 0.5) is 0 Å². The molecule has 0 aromatic rings. The number of nitrogens with zero attached hydrogens (tertiary/aromatic N) is 1. The predicted molar refractivity (Wildman–Crippen MR) is 79.7 cm³/mol. The molecule has 21 heavy (non-hydrogen) atoms. The molecule has 1 N–H and O–H groups in total. The second-order valence-corrected chi connectivity index (χ2v) is 7.89. The Balaban J connectivity index is 2.85. The van der Waals surface area contributed by atoms with Crippen LogP contribution in [0.2, 0.25) is 0 Å². The molecule has 2 atom stereocenters. The number of carboxylic acids is 1. The van der Waals surface area contributed by atoms with Crippen LogP contribution in [0.15, 0.2) is 0 Å². The van der Waals surface area contributed by atoms with Crippen molar-refractivity contribution in [1.29, 1.82) is 0 Å². The van der Waals surface area contributed by atoms with Crippen LogP contribution in [0.25, 0.3) is 0 Å². The number of carboxylic acid groups (broad SMARTS) is 1. The molecule has 122 valence electrons. The summed E-state index contributed by atoms with van der Waals surface area (Å²) >= 11 is 0. The number of aliphatic carboxylic acids is 1. The summed E-state index contributed by atoms with van der Waals surface area (Å²) in [4.78, 5) is 24.9. The zero-order valence-electron chi connectivity index (χ0n) is 12.7. The maximum Gasteiger partial charge on any atom is 0.323 e. The summed E-state index contributed by atoms with van der Waals surface area (Å²) in [6.45, 7) is 3.53. The van der Waals surface area contributed by atoms with Crippen LogP contribution >= 0.6 is 0 Å². The number of carbonyl (C=O) groups excluding carboxylic acids is 1. The highest BCUT2D eigenvalue weighted by Gasteiger charge is 2.37. The van der Waals surface area contributed by atoms with Gasteiger partial charge in [-0.05, 0) is 19.3 Å². The van der Waals surface area contributed by atoms with E-state index in [1.54, 1.807) is 0 Å². The largest absolute Gasteiger partial charge is 0.480 e. The fraction of sp³-hybridized carbons (Fsp3) is 0.857. The van der Waals surface area contributed by atoms with Gasteiger partial charge in [0.05, 0.1) is 11.5 Å². The van der Waals surface area contributed by atoms with Crippen LogP contribution < -0.4 is 0 Å². The first kappa shape index (κ1) is 17.9. The van der Waals surface area contributed by atoms with Crippen LogP contribution in [0.3, 0.4) is 0 Å². The van der Waals surface area contributed by atoms with Gasteiger partial charge in [0.25, 0.3) is 0 Å². The quantitative estimate of drug-likeness (QED) is 0.728. The second kappa shape index (κ2) is 7.77. The van der Waals surface area contributed by atoms with E-state index in [9.17, 15) is 18.0 Å². The second-order valence-electron chi connectivity index (χ2n) is 5.66. The van der Waals surface area contributed by atoms with E-state index in [4.69, 9.17) is 5.11 Å². The molecule has 0 saturated carbocycles. The van der Waals surface area contributed by atoms with Crippen LogP contribution in [-0.2, 0) is 19.4 Å². The van der Waals surface area contributed by atoms with Gasteiger partial charge in [-0.25, -0.2) is 8.42 Å². The van der Waals surface area contributed by atoms with Crippen molar-refractivity contribution in [3.8, 4) is 0 Å². The highest BCUT2D eigenvalue weighted by molar-refractivity contribution is 7.91. The minimum atomic E-state index is -3.15. The topological polar surface area (TPSA) is 91.8 Å². The van der Waals surface area contributed by atoms with E-state index in [1.165, 1.54) is 4.90 Å². The van der Waals surface area contributed by atoms with Crippen LogP contribution in [0.1, 0.15) is 46.0 Å². The van der Waals surface area contributed by atoms with Gasteiger partial charge in [0.15, 0.2) is 9.84 Å². The summed E-state index contributed by atoms with van der Waals surface area (Å²) in [6, 6.07) is -0.491. The van der Waals surface area contributed by atoms with Crippen molar-refractivity contribution in [3.63, 3.8) is 0 Å². The molecule has 7 heteroatoms. The lowest BCUT2D eigenvalue weighted by molar-refractivity contribution is -0.148. The monoisotopic (exact) mass is 319 g/mol. The predicted octanol–water partition coefficient (Wildman–Crippen LogP) is 1.30. The molecule has 1 heterocycles. The van der Waals surface area contributed by atoms with E-state index in [-0.39, 0.29) is 23.3 Å². The number of hydrogen-bond donors (Lipinski definition) is 1. The molecule has 0 aromatic carbocycles. The fourth-order valence-corrected chi connectivity index (χ4v) is 4.47. The molecule has 1 fully saturated rings. The standard InChI is InChI=1S/C14H25NO5S/c1-3-5-6-11(4-2)14(18)15(9-13(16)17)12-7-8-21(19,20)10-12/h11-12H,3-10H2,1-2H3,(H,16,17). The Morgan fingerprint density at radius 1 is 1.33 bits per heavy atom. The minimum absolute atomic E-state index is 0.0345. The van der Waals surface area contributed by atoms with Gasteiger partial charge in [-0.1, -0.05) is 26.7 Å². The summed E-state index contributed by atoms with van der Waals surface area (Å²) in [6.07, 6.45) is 3.59. The molecule has 0 aromatic heterocycles. The van der Waals surface area contributed by atoms with Crippen molar-refractivity contribution in [1.82, 2.24) is 4.90 Å². The Bertz CT molecular complexity index is 474. The highest BCUT2D eigenvalue weighted by atomic mass is 32.2. The molecule has 0 spiro atoms. The Kier molecular flexibility index (Phi) is 6.64. The Labute approximate surface area is 126 Å². The molecule has 1 amide bonds. The van der Waals surface area contributed by atoms with Crippen molar-refractivity contribution < 1.29 is 23.1 Å². The number of rotatable bonds is 8. The van der Waals surface area contributed by atoms with Crippen LogP contribution in [-0.4, -0.2) is 54.4 Å². The molecule has 2 unspecified atom stereocenters. The molecule has 1 rings (SSSR count). The molecular weight excluding hydrogens is 294 g/mol. The molecule has 0 radical (unpaired) electrons. The Morgan fingerprint density at radius 3 is 2.43 bits per heavy atom. The number of amides is 1. The van der Waals surface area contributed by atoms with Gasteiger partial charge >= 0.3 is 5.97 Å². The molecule has 1 aliphatic heterocycles. The lowest BCUT2D eigenvalue weighted by Crippen LogP contribution is -2.46. The third-order valence-corrected chi connectivity index (χ3v) is 5.74. The van der Waals surface area contributed by atoms with E-state index in [2.05, 4.69) is 0 Å². The first-order chi connectivity index (χ1) is 9.80. The van der Waals surface area contributed by atoms with Gasteiger partial charge in [-0.2, -0.15) is 0 Å². The maximum absolute atomic E-state index is 12.6. The van der Waals surface area contributed by atoms with E-state index in [1.807, 2.05) is 13.8 Å². The first-order valence-corrected chi connectivity index (χ1v) is 9.35. The highest BCUT2D eigenvalue weighted by Crippen LogP contribution is 2.23. The average Bonchev–Trinajstić information content (AvgIpc) is 2.76. The van der Waals surface area contributed by atoms with Crippen LogP contribution in [0.5, 0.6) is 0 Å². The third kappa shape index (κ3) is 5.30. The van der Waals surface area contributed by atoms with E-state index >= 15 is 0 Å². The minimum Gasteiger partial charge on any atom is -0.480 e. The zero-order chi connectivity index (χ0) is 16.0. The summed E-state index contributed by atoms with van der Waals surface area (Å²) in [5, 5.41) is 9.01. The molecule has 1 aliphatic rings. The molecule has 0 bridgehead atoms. The van der Waals surface area contributed by atoms with E-state index < -0.39 is 28.4 Å². The van der Waals surface area contributed by atoms with Crippen molar-refractivity contribution in [2.45, 2.75) is 52.0 Å². The SMILES string of the molecule is CCCCC(CC)C(=O)N(CC(=O)O)C1CCS(=O)(=O)C1. The number of carbonyl (C=O) groups is 2. The molecule has 6 nitrogen and oxygen atoms in total. The Hall–Kier alpha value is -1.11. The van der Waals surface area contributed by atoms with Gasteiger partial charge in [0.1, 0.15) is 6.54 Å². The van der Waals surface area contributed by atoms with Gasteiger partial charge in [-0.3, -0.25) is 9.59 Å². The zero-order valence-corrected chi connectivity index (χ0v) is 13.6.